The molecule has 0 saturated carbocycles. The fourth-order valence-electron chi connectivity index (χ4n) is 4.68. The highest BCUT2D eigenvalue weighted by atomic mass is 16.2. The number of carbonyl (C=O) groups excluding carboxylic acids is 1. The van der Waals surface area contributed by atoms with E-state index in [4.69, 9.17) is 4.99 Å². The van der Waals surface area contributed by atoms with Gasteiger partial charge in [0.15, 0.2) is 0 Å². The summed E-state index contributed by atoms with van der Waals surface area (Å²) in [7, 11) is 0. The van der Waals surface area contributed by atoms with Gasteiger partial charge in [0.1, 0.15) is 5.92 Å². The number of benzene rings is 5. The van der Waals surface area contributed by atoms with Crippen molar-refractivity contribution >= 4 is 50.3 Å². The maximum absolute atomic E-state index is 13.6. The molecule has 1 aliphatic heterocycles. The van der Waals surface area contributed by atoms with E-state index in [1.54, 1.807) is 0 Å². The molecule has 168 valence electrons. The Morgan fingerprint density at radius 2 is 1.31 bits per heavy atom. The Morgan fingerprint density at radius 1 is 0.714 bits per heavy atom. The van der Waals surface area contributed by atoms with Crippen LogP contribution in [0.15, 0.2) is 125 Å². The molecule has 5 aromatic rings. The minimum absolute atomic E-state index is 0.0944. The van der Waals surface area contributed by atoms with Crippen molar-refractivity contribution in [2.45, 2.75) is 6.92 Å². The van der Waals surface area contributed by atoms with E-state index in [1.807, 2.05) is 73.7 Å². The first-order valence-electron chi connectivity index (χ1n) is 11.7. The second-order valence-corrected chi connectivity index (χ2v) is 8.75. The van der Waals surface area contributed by atoms with Crippen LogP contribution in [0.2, 0.25) is 0 Å². The van der Waals surface area contributed by atoms with Crippen LogP contribution in [-0.4, -0.2) is 17.3 Å². The van der Waals surface area contributed by atoms with Gasteiger partial charge >= 0.3 is 0 Å². The lowest BCUT2D eigenvalue weighted by Crippen LogP contribution is -2.33. The summed E-state index contributed by atoms with van der Waals surface area (Å²) in [6, 6.07) is 38.4. The molecule has 1 atom stereocenters. The van der Waals surface area contributed by atoms with Crippen LogP contribution in [0, 0.1) is 5.92 Å². The molecule has 0 aromatic heterocycles. The summed E-state index contributed by atoms with van der Waals surface area (Å²) >= 11 is 0. The summed E-state index contributed by atoms with van der Waals surface area (Å²) in [5.41, 5.74) is 3.91. The van der Waals surface area contributed by atoms with E-state index in [1.165, 1.54) is 15.8 Å². The maximum Gasteiger partial charge on any atom is 0.262 e. The molecule has 1 unspecified atom stereocenters. The molecule has 4 nitrogen and oxygen atoms in total. The van der Waals surface area contributed by atoms with Gasteiger partial charge in [0.2, 0.25) is 0 Å². The number of hydrogen-bond donors (Lipinski definition) is 0. The predicted octanol–water partition coefficient (Wildman–Crippen LogP) is 7.15. The average molecular weight is 454 g/mol. The van der Waals surface area contributed by atoms with Gasteiger partial charge in [-0.2, -0.15) is 10.1 Å². The van der Waals surface area contributed by atoms with Crippen LogP contribution >= 0.6 is 0 Å². The maximum atomic E-state index is 13.6. The van der Waals surface area contributed by atoms with Crippen molar-refractivity contribution in [3.63, 3.8) is 0 Å². The third-order valence-electron chi connectivity index (χ3n) is 6.41. The monoisotopic (exact) mass is 453 g/mol. The summed E-state index contributed by atoms with van der Waals surface area (Å²) in [5.74, 6) is -0.645. The van der Waals surface area contributed by atoms with Crippen LogP contribution in [0.1, 0.15) is 12.5 Å². The van der Waals surface area contributed by atoms with Gasteiger partial charge in [-0.25, -0.2) is 0 Å². The van der Waals surface area contributed by atoms with Gasteiger partial charge in [0.25, 0.3) is 5.91 Å². The molecular weight excluding hydrogens is 430 g/mol. The normalized spacial score (nSPS) is 16.2. The first kappa shape index (κ1) is 21.0. The van der Waals surface area contributed by atoms with Crippen LogP contribution in [0.5, 0.6) is 0 Å². The predicted molar refractivity (Wildman–Crippen MR) is 145 cm³/mol. The number of rotatable bonds is 4. The van der Waals surface area contributed by atoms with E-state index in [9.17, 15) is 4.79 Å². The lowest BCUT2D eigenvalue weighted by atomic mass is 9.92. The van der Waals surface area contributed by atoms with Gasteiger partial charge in [-0.15, -0.1) is 0 Å². The van der Waals surface area contributed by atoms with Gasteiger partial charge in [-0.1, -0.05) is 78.9 Å². The van der Waals surface area contributed by atoms with Crippen LogP contribution in [0.4, 0.5) is 11.4 Å². The SMILES string of the molecule is CC1=NN(c2ccccc2)C(=O)C1C(=Nc1ccc2cc3ccccc3cc2c1)c1ccccc1. The molecule has 5 aromatic carbocycles. The standard InChI is InChI=1S/C31H23N3O/c1-21-29(31(35)34(33-21)28-14-6-3-7-15-28)30(22-10-4-2-5-11-22)32-27-17-16-25-18-23-12-8-9-13-24(23)19-26(25)20-27/h2-20,29H,1H3. The first-order valence-corrected chi connectivity index (χ1v) is 11.7. The second-order valence-electron chi connectivity index (χ2n) is 8.75. The third kappa shape index (κ3) is 3.89. The van der Waals surface area contributed by atoms with Crippen molar-refractivity contribution in [3.8, 4) is 0 Å². The fraction of sp³-hybridized carbons (Fsp3) is 0.0645. The van der Waals surface area contributed by atoms with Gasteiger partial charge in [-0.3, -0.25) is 9.79 Å². The molecule has 0 aliphatic carbocycles. The molecule has 0 N–H and O–H groups in total. The number of anilines is 1. The van der Waals surface area contributed by atoms with Gasteiger partial charge in [0.05, 0.1) is 22.8 Å². The highest BCUT2D eigenvalue weighted by Crippen LogP contribution is 2.30. The minimum atomic E-state index is -0.551. The van der Waals surface area contributed by atoms with Crippen molar-refractivity contribution < 1.29 is 4.79 Å². The van der Waals surface area contributed by atoms with E-state index in [-0.39, 0.29) is 5.91 Å². The zero-order valence-electron chi connectivity index (χ0n) is 19.3. The smallest absolute Gasteiger partial charge is 0.262 e. The van der Waals surface area contributed by atoms with Gasteiger partial charge < -0.3 is 0 Å². The Bertz CT molecular complexity index is 1620. The summed E-state index contributed by atoms with van der Waals surface area (Å²) < 4.78 is 0. The molecule has 35 heavy (non-hydrogen) atoms. The zero-order chi connectivity index (χ0) is 23.8. The molecule has 4 heteroatoms. The summed E-state index contributed by atoms with van der Waals surface area (Å²) in [6.07, 6.45) is 0. The zero-order valence-corrected chi connectivity index (χ0v) is 19.3. The number of hydrazone groups is 1. The Kier molecular flexibility index (Phi) is 5.19. The van der Waals surface area contributed by atoms with Crippen molar-refractivity contribution in [2.75, 3.05) is 5.01 Å². The molecule has 0 spiro atoms. The molecule has 1 amide bonds. The number of nitrogens with zero attached hydrogens (tertiary/aromatic N) is 3. The van der Waals surface area contributed by atoms with E-state index < -0.39 is 5.92 Å². The molecule has 1 aliphatic rings. The Hall–Kier alpha value is -4.57. The molecule has 0 saturated heterocycles. The lowest BCUT2D eigenvalue weighted by Gasteiger charge is -2.16. The lowest BCUT2D eigenvalue weighted by molar-refractivity contribution is -0.118. The van der Waals surface area contributed by atoms with Crippen molar-refractivity contribution in [1.29, 1.82) is 0 Å². The van der Waals surface area contributed by atoms with Crippen LogP contribution in [-0.2, 0) is 4.79 Å². The minimum Gasteiger partial charge on any atom is -0.271 e. The average Bonchev–Trinajstić information content (AvgIpc) is 3.20. The highest BCUT2D eigenvalue weighted by Gasteiger charge is 2.38. The Labute approximate surface area is 203 Å². The fourth-order valence-corrected chi connectivity index (χ4v) is 4.68. The summed E-state index contributed by atoms with van der Waals surface area (Å²) in [5, 5.41) is 10.8. The van der Waals surface area contributed by atoms with Crippen LogP contribution < -0.4 is 5.01 Å². The number of carbonyl (C=O) groups is 1. The number of amides is 1. The van der Waals surface area contributed by atoms with Crippen molar-refractivity contribution in [1.82, 2.24) is 0 Å². The number of hydrogen-bond acceptors (Lipinski definition) is 3. The second kappa shape index (κ2) is 8.65. The number of aliphatic imine (C=N–C) groups is 1. The molecular formula is C31H23N3O. The highest BCUT2D eigenvalue weighted by molar-refractivity contribution is 6.32. The largest absolute Gasteiger partial charge is 0.271 e. The number of para-hydroxylation sites is 1. The first-order chi connectivity index (χ1) is 17.2. The van der Waals surface area contributed by atoms with E-state index in [2.05, 4.69) is 53.6 Å². The topological polar surface area (TPSA) is 45.0 Å². The summed E-state index contributed by atoms with van der Waals surface area (Å²) in [6.45, 7) is 1.90. The third-order valence-corrected chi connectivity index (χ3v) is 6.41. The summed E-state index contributed by atoms with van der Waals surface area (Å²) in [4.78, 5) is 18.7. The number of fused-ring (bicyclic) bond motifs is 2. The Morgan fingerprint density at radius 3 is 2.03 bits per heavy atom. The molecule has 1 heterocycles. The Balaban J connectivity index is 1.46. The van der Waals surface area contributed by atoms with Crippen molar-refractivity contribution in [2.24, 2.45) is 16.0 Å². The molecule has 0 bridgehead atoms. The van der Waals surface area contributed by atoms with E-state index in [0.29, 0.717) is 5.71 Å². The molecule has 0 fully saturated rings. The van der Waals surface area contributed by atoms with Gasteiger partial charge in [-0.05, 0) is 70.4 Å². The van der Waals surface area contributed by atoms with Crippen molar-refractivity contribution in [3.05, 3.63) is 121 Å². The molecule has 0 radical (unpaired) electrons. The van der Waals surface area contributed by atoms with Crippen LogP contribution in [0.25, 0.3) is 21.5 Å². The van der Waals surface area contributed by atoms with Gasteiger partial charge in [0, 0.05) is 0 Å². The van der Waals surface area contributed by atoms with E-state index in [0.717, 1.165) is 33.4 Å². The molecule has 6 rings (SSSR count). The quantitative estimate of drug-likeness (QED) is 0.210. The van der Waals surface area contributed by atoms with E-state index >= 15 is 0 Å². The van der Waals surface area contributed by atoms with Crippen LogP contribution in [0.3, 0.4) is 0 Å².